The Kier molecular flexibility index (Phi) is 4.11. The fraction of sp³-hybridized carbons (Fsp3) is 0.154. The molecule has 1 heterocycles. The van der Waals surface area contributed by atoms with Crippen molar-refractivity contribution in [2.24, 2.45) is 0 Å². The minimum atomic E-state index is -0.504. The van der Waals surface area contributed by atoms with E-state index in [9.17, 15) is 10.1 Å². The van der Waals surface area contributed by atoms with Crippen molar-refractivity contribution in [3.05, 3.63) is 56.3 Å². The molecule has 2 aromatic rings. The highest BCUT2D eigenvalue weighted by Gasteiger charge is 2.10. The van der Waals surface area contributed by atoms with Crippen LogP contribution in [0.25, 0.3) is 0 Å². The van der Waals surface area contributed by atoms with Crippen molar-refractivity contribution < 1.29 is 4.92 Å². The van der Waals surface area contributed by atoms with Crippen molar-refractivity contribution in [3.8, 4) is 6.07 Å². The first-order valence-electron chi connectivity index (χ1n) is 5.64. The number of non-ortho nitro benzene ring substituents is 1. The number of nitro groups is 1. The summed E-state index contributed by atoms with van der Waals surface area (Å²) < 4.78 is 0. The monoisotopic (exact) mass is 273 g/mol. The molecular weight excluding hydrogens is 262 g/mol. The normalized spacial score (nSPS) is 9.84. The zero-order valence-corrected chi connectivity index (χ0v) is 10.8. The quantitative estimate of drug-likeness (QED) is 0.670. The minimum absolute atomic E-state index is 0.0695. The molecule has 0 aliphatic rings. The summed E-state index contributed by atoms with van der Waals surface area (Å²) in [4.78, 5) is 10.1. The van der Waals surface area contributed by atoms with E-state index in [4.69, 9.17) is 5.26 Å². The molecule has 96 valence electrons. The van der Waals surface area contributed by atoms with E-state index in [2.05, 4.69) is 10.7 Å². The maximum absolute atomic E-state index is 10.6. The van der Waals surface area contributed by atoms with Gasteiger partial charge < -0.3 is 5.32 Å². The van der Waals surface area contributed by atoms with E-state index < -0.39 is 4.92 Å². The zero-order valence-electron chi connectivity index (χ0n) is 10.00. The second-order valence-corrected chi connectivity index (χ2v) is 4.69. The van der Waals surface area contributed by atoms with Gasteiger partial charge in [0.2, 0.25) is 0 Å². The molecule has 0 radical (unpaired) electrons. The first kappa shape index (κ1) is 13.1. The van der Waals surface area contributed by atoms with Gasteiger partial charge in [-0.2, -0.15) is 16.6 Å². The van der Waals surface area contributed by atoms with Crippen LogP contribution in [0.2, 0.25) is 0 Å². The molecule has 1 N–H and O–H groups in total. The van der Waals surface area contributed by atoms with Gasteiger partial charge in [-0.25, -0.2) is 0 Å². The smallest absolute Gasteiger partial charge is 0.270 e. The van der Waals surface area contributed by atoms with E-state index >= 15 is 0 Å². The van der Waals surface area contributed by atoms with Crippen LogP contribution in [-0.2, 0) is 6.42 Å². The van der Waals surface area contributed by atoms with E-state index in [1.807, 2.05) is 17.5 Å². The van der Waals surface area contributed by atoms with E-state index in [1.54, 1.807) is 17.4 Å². The number of nitro benzene ring substituents is 1. The average Bonchev–Trinajstić information content (AvgIpc) is 2.92. The molecule has 0 saturated heterocycles. The molecule has 0 spiro atoms. The average molecular weight is 273 g/mol. The third kappa shape index (κ3) is 3.30. The standard InChI is InChI=1S/C13H11N3O2S/c14-8-11-7-12(16(17)18)1-2-13(11)15-5-3-10-4-6-19-9-10/h1-2,4,6-7,9,15H,3,5H2. The summed E-state index contributed by atoms with van der Waals surface area (Å²) in [6.07, 6.45) is 0.853. The molecule has 1 aromatic heterocycles. The molecule has 0 aliphatic heterocycles. The van der Waals surface area contributed by atoms with E-state index in [0.29, 0.717) is 17.8 Å². The molecule has 0 unspecified atom stereocenters. The maximum Gasteiger partial charge on any atom is 0.270 e. The second-order valence-electron chi connectivity index (χ2n) is 3.91. The lowest BCUT2D eigenvalue weighted by atomic mass is 10.1. The van der Waals surface area contributed by atoms with Gasteiger partial charge >= 0.3 is 0 Å². The molecule has 0 aliphatic carbocycles. The summed E-state index contributed by atoms with van der Waals surface area (Å²) >= 11 is 1.64. The molecule has 19 heavy (non-hydrogen) atoms. The van der Waals surface area contributed by atoms with Crippen LogP contribution in [0, 0.1) is 21.4 Å². The van der Waals surface area contributed by atoms with Crippen molar-refractivity contribution in [1.29, 1.82) is 5.26 Å². The first-order chi connectivity index (χ1) is 9.20. The third-order valence-electron chi connectivity index (χ3n) is 2.64. The van der Waals surface area contributed by atoms with Crippen LogP contribution >= 0.6 is 11.3 Å². The van der Waals surface area contributed by atoms with Gasteiger partial charge in [0, 0.05) is 18.7 Å². The van der Waals surface area contributed by atoms with Gasteiger partial charge in [-0.1, -0.05) is 0 Å². The van der Waals surface area contributed by atoms with Crippen LogP contribution in [-0.4, -0.2) is 11.5 Å². The Labute approximate surface area is 114 Å². The van der Waals surface area contributed by atoms with Crippen molar-refractivity contribution in [1.82, 2.24) is 0 Å². The maximum atomic E-state index is 10.6. The molecule has 5 nitrogen and oxygen atoms in total. The SMILES string of the molecule is N#Cc1cc([N+](=O)[O-])ccc1NCCc1ccsc1. The van der Waals surface area contributed by atoms with Crippen molar-refractivity contribution in [2.75, 3.05) is 11.9 Å². The van der Waals surface area contributed by atoms with Crippen LogP contribution in [0.15, 0.2) is 35.0 Å². The molecular formula is C13H11N3O2S. The number of anilines is 1. The summed E-state index contributed by atoms with van der Waals surface area (Å²) in [6.45, 7) is 0.684. The topological polar surface area (TPSA) is 79.0 Å². The third-order valence-corrected chi connectivity index (χ3v) is 3.38. The highest BCUT2D eigenvalue weighted by molar-refractivity contribution is 7.07. The number of thiophene rings is 1. The number of hydrogen-bond acceptors (Lipinski definition) is 5. The van der Waals surface area contributed by atoms with Crippen LogP contribution in [0.3, 0.4) is 0 Å². The van der Waals surface area contributed by atoms with Crippen molar-refractivity contribution in [3.63, 3.8) is 0 Å². The van der Waals surface area contributed by atoms with Gasteiger partial charge in [0.25, 0.3) is 5.69 Å². The zero-order chi connectivity index (χ0) is 13.7. The van der Waals surface area contributed by atoms with Crippen LogP contribution < -0.4 is 5.32 Å². The van der Waals surface area contributed by atoms with Crippen molar-refractivity contribution in [2.45, 2.75) is 6.42 Å². The van der Waals surface area contributed by atoms with E-state index in [-0.39, 0.29) is 5.69 Å². The van der Waals surface area contributed by atoms with Crippen LogP contribution in [0.1, 0.15) is 11.1 Å². The Balaban J connectivity index is 2.04. The molecule has 6 heteroatoms. The highest BCUT2D eigenvalue weighted by atomic mass is 32.1. The summed E-state index contributed by atoms with van der Waals surface area (Å²) in [7, 11) is 0. The van der Waals surface area contributed by atoms with Gasteiger partial charge in [-0.05, 0) is 34.9 Å². The second kappa shape index (κ2) is 5.98. The number of rotatable bonds is 5. The number of nitriles is 1. The Morgan fingerprint density at radius 1 is 1.42 bits per heavy atom. The van der Waals surface area contributed by atoms with Gasteiger partial charge in [-0.3, -0.25) is 10.1 Å². The molecule has 0 amide bonds. The minimum Gasteiger partial charge on any atom is -0.384 e. The Morgan fingerprint density at radius 3 is 2.89 bits per heavy atom. The van der Waals surface area contributed by atoms with Gasteiger partial charge in [-0.15, -0.1) is 0 Å². The predicted molar refractivity (Wildman–Crippen MR) is 74.3 cm³/mol. The molecule has 0 atom stereocenters. The summed E-state index contributed by atoms with van der Waals surface area (Å²) in [6, 6.07) is 8.27. The lowest BCUT2D eigenvalue weighted by Gasteiger charge is -2.07. The summed E-state index contributed by atoms with van der Waals surface area (Å²) in [5.74, 6) is 0. The number of nitrogens with zero attached hydrogens (tertiary/aromatic N) is 2. The molecule has 0 bridgehead atoms. The Morgan fingerprint density at radius 2 is 2.26 bits per heavy atom. The fourth-order valence-electron chi connectivity index (χ4n) is 1.67. The lowest BCUT2D eigenvalue weighted by molar-refractivity contribution is -0.384. The van der Waals surface area contributed by atoms with E-state index in [1.165, 1.54) is 17.7 Å². The first-order valence-corrected chi connectivity index (χ1v) is 6.58. The number of nitrogens with one attached hydrogen (secondary N) is 1. The highest BCUT2D eigenvalue weighted by Crippen LogP contribution is 2.21. The van der Waals surface area contributed by atoms with E-state index in [0.717, 1.165) is 6.42 Å². The summed E-state index contributed by atoms with van der Waals surface area (Å²) in [5, 5.41) is 26.8. The molecule has 1 aromatic carbocycles. The van der Waals surface area contributed by atoms with Crippen LogP contribution in [0.5, 0.6) is 0 Å². The van der Waals surface area contributed by atoms with Crippen molar-refractivity contribution >= 4 is 22.7 Å². The Hall–Kier alpha value is -2.39. The molecule has 0 fully saturated rings. The van der Waals surface area contributed by atoms with Gasteiger partial charge in [0.15, 0.2) is 0 Å². The molecule has 0 saturated carbocycles. The van der Waals surface area contributed by atoms with Gasteiger partial charge in [0.1, 0.15) is 6.07 Å². The lowest BCUT2D eigenvalue weighted by Crippen LogP contribution is -2.06. The number of benzene rings is 1. The largest absolute Gasteiger partial charge is 0.384 e. The number of hydrogen-bond donors (Lipinski definition) is 1. The van der Waals surface area contributed by atoms with Crippen LogP contribution in [0.4, 0.5) is 11.4 Å². The Bertz CT molecular complexity index is 617. The fourth-order valence-corrected chi connectivity index (χ4v) is 2.37. The summed E-state index contributed by atoms with van der Waals surface area (Å²) in [5.41, 5.74) is 2.08. The molecule has 2 rings (SSSR count). The predicted octanol–water partition coefficient (Wildman–Crippen LogP) is 3.18. The van der Waals surface area contributed by atoms with Gasteiger partial charge in [0.05, 0.1) is 16.2 Å².